The molecule has 1 aromatic heterocycles. The van der Waals surface area contributed by atoms with Crippen LogP contribution in [0.5, 0.6) is 0 Å². The van der Waals surface area contributed by atoms with Crippen molar-refractivity contribution < 1.29 is 0 Å². The van der Waals surface area contributed by atoms with Crippen LogP contribution in [0.1, 0.15) is 38.2 Å². The summed E-state index contributed by atoms with van der Waals surface area (Å²) in [5.74, 6) is 1.76. The number of nitrogens with one attached hydrogen (secondary N) is 1. The Bertz CT molecular complexity index is 458. The van der Waals surface area contributed by atoms with Gasteiger partial charge in [0.15, 0.2) is 0 Å². The Hall–Kier alpha value is -1.29. The molecule has 3 N–H and O–H groups in total. The molecule has 0 aliphatic heterocycles. The highest BCUT2D eigenvalue weighted by atomic mass is 15.2. The molecule has 1 aliphatic carbocycles. The molecule has 4 nitrogen and oxygen atoms in total. The number of rotatable bonds is 4. The fourth-order valence-corrected chi connectivity index (χ4v) is 3.39. The molecule has 1 aromatic rings. The summed E-state index contributed by atoms with van der Waals surface area (Å²) in [4.78, 5) is 6.81. The van der Waals surface area contributed by atoms with Crippen molar-refractivity contribution in [3.63, 3.8) is 0 Å². The van der Waals surface area contributed by atoms with Crippen molar-refractivity contribution in [2.75, 3.05) is 31.7 Å². The van der Waals surface area contributed by atoms with Crippen LogP contribution in [0.15, 0.2) is 12.3 Å². The van der Waals surface area contributed by atoms with Crippen molar-refractivity contribution in [3.05, 3.63) is 17.8 Å². The highest BCUT2D eigenvalue weighted by Crippen LogP contribution is 2.35. The lowest BCUT2D eigenvalue weighted by atomic mass is 9.75. The molecule has 0 amide bonds. The van der Waals surface area contributed by atoms with Crippen LogP contribution in [0.3, 0.4) is 0 Å². The van der Waals surface area contributed by atoms with Crippen molar-refractivity contribution in [2.24, 2.45) is 5.92 Å². The van der Waals surface area contributed by atoms with Crippen LogP contribution in [-0.2, 0) is 0 Å². The third kappa shape index (κ3) is 3.23. The first-order valence-electron chi connectivity index (χ1n) is 7.56. The third-order valence-electron chi connectivity index (χ3n) is 4.70. The molecule has 112 valence electrons. The lowest BCUT2D eigenvalue weighted by Gasteiger charge is -2.45. The van der Waals surface area contributed by atoms with E-state index in [9.17, 15) is 0 Å². The lowest BCUT2D eigenvalue weighted by Crippen LogP contribution is -2.52. The van der Waals surface area contributed by atoms with Gasteiger partial charge in [0, 0.05) is 12.1 Å². The normalized spacial score (nSPS) is 26.8. The summed E-state index contributed by atoms with van der Waals surface area (Å²) in [6.07, 6.45) is 6.90. The van der Waals surface area contributed by atoms with Gasteiger partial charge in [-0.2, -0.15) is 0 Å². The quantitative estimate of drug-likeness (QED) is 0.888. The van der Waals surface area contributed by atoms with Crippen LogP contribution in [-0.4, -0.2) is 36.1 Å². The van der Waals surface area contributed by atoms with E-state index in [0.717, 1.165) is 29.5 Å². The van der Waals surface area contributed by atoms with E-state index >= 15 is 0 Å². The number of pyridine rings is 1. The first-order chi connectivity index (χ1) is 9.43. The standard InChI is InChI=1S/C16H28N4/c1-12-6-5-7-16(9-12,20(3)4)11-19-15-13(2)8-14(17)10-18-15/h8,10,12H,5-7,9,11,17H2,1-4H3,(H,18,19). The number of aryl methyl sites for hydroxylation is 1. The average molecular weight is 276 g/mol. The molecule has 0 saturated heterocycles. The summed E-state index contributed by atoms with van der Waals surface area (Å²) in [7, 11) is 4.39. The van der Waals surface area contributed by atoms with Gasteiger partial charge in [-0.3, -0.25) is 0 Å². The maximum Gasteiger partial charge on any atom is 0.129 e. The van der Waals surface area contributed by atoms with Crippen LogP contribution < -0.4 is 11.1 Å². The minimum Gasteiger partial charge on any atom is -0.397 e. The van der Waals surface area contributed by atoms with Crippen molar-refractivity contribution in [3.8, 4) is 0 Å². The highest BCUT2D eigenvalue weighted by molar-refractivity contribution is 5.51. The number of anilines is 2. The molecule has 0 bridgehead atoms. The van der Waals surface area contributed by atoms with Gasteiger partial charge in [0.2, 0.25) is 0 Å². The Labute approximate surface area is 122 Å². The first-order valence-corrected chi connectivity index (χ1v) is 7.56. The van der Waals surface area contributed by atoms with E-state index in [4.69, 9.17) is 5.73 Å². The Morgan fingerprint density at radius 3 is 2.85 bits per heavy atom. The largest absolute Gasteiger partial charge is 0.397 e. The van der Waals surface area contributed by atoms with E-state index in [1.54, 1.807) is 6.20 Å². The summed E-state index contributed by atoms with van der Waals surface area (Å²) in [6.45, 7) is 5.36. The first kappa shape index (κ1) is 15.1. The predicted octanol–water partition coefficient (Wildman–Crippen LogP) is 2.89. The Kier molecular flexibility index (Phi) is 4.53. The van der Waals surface area contributed by atoms with Crippen LogP contribution in [0.25, 0.3) is 0 Å². The molecule has 2 rings (SSSR count). The number of nitrogens with two attached hydrogens (primary N) is 1. The second-order valence-electron chi connectivity index (χ2n) is 6.61. The van der Waals surface area contributed by atoms with Gasteiger partial charge in [0.05, 0.1) is 11.9 Å². The molecular formula is C16H28N4. The molecule has 20 heavy (non-hydrogen) atoms. The SMILES string of the molecule is Cc1cc(N)cnc1NCC1(N(C)C)CCCC(C)C1. The van der Waals surface area contributed by atoms with Gasteiger partial charge < -0.3 is 16.0 Å². The monoisotopic (exact) mass is 276 g/mol. The van der Waals surface area contributed by atoms with Gasteiger partial charge in [0.1, 0.15) is 5.82 Å². The Morgan fingerprint density at radius 2 is 2.25 bits per heavy atom. The summed E-state index contributed by atoms with van der Waals surface area (Å²) in [6, 6.07) is 1.97. The molecule has 1 aliphatic rings. The van der Waals surface area contributed by atoms with Crippen LogP contribution in [0.4, 0.5) is 11.5 Å². The molecule has 1 fully saturated rings. The van der Waals surface area contributed by atoms with Crippen molar-refractivity contribution >= 4 is 11.5 Å². The number of nitrogen functional groups attached to an aromatic ring is 1. The van der Waals surface area contributed by atoms with Crippen molar-refractivity contribution in [2.45, 2.75) is 45.1 Å². The van der Waals surface area contributed by atoms with Crippen LogP contribution >= 0.6 is 0 Å². The fraction of sp³-hybridized carbons (Fsp3) is 0.688. The molecular weight excluding hydrogens is 248 g/mol. The zero-order valence-electron chi connectivity index (χ0n) is 13.2. The summed E-state index contributed by atoms with van der Waals surface area (Å²) in [5.41, 5.74) is 7.84. The number of nitrogens with zero attached hydrogens (tertiary/aromatic N) is 2. The molecule has 0 aromatic carbocycles. The van der Waals surface area contributed by atoms with E-state index in [0.29, 0.717) is 0 Å². The van der Waals surface area contributed by atoms with Gasteiger partial charge in [-0.25, -0.2) is 4.98 Å². The number of aromatic nitrogens is 1. The number of likely N-dealkylation sites (N-methyl/N-ethyl adjacent to an activating group) is 1. The molecule has 2 atom stereocenters. The minimum absolute atomic E-state index is 0.243. The van der Waals surface area contributed by atoms with Gasteiger partial charge in [-0.1, -0.05) is 19.8 Å². The highest BCUT2D eigenvalue weighted by Gasteiger charge is 2.36. The summed E-state index contributed by atoms with van der Waals surface area (Å²) in [5, 5.41) is 3.54. The molecule has 1 heterocycles. The maximum absolute atomic E-state index is 5.76. The zero-order chi connectivity index (χ0) is 14.8. The minimum atomic E-state index is 0.243. The van der Waals surface area contributed by atoms with Gasteiger partial charge in [-0.05, 0) is 51.4 Å². The van der Waals surface area contributed by atoms with E-state index in [2.05, 4.69) is 43.1 Å². The predicted molar refractivity (Wildman–Crippen MR) is 85.9 cm³/mol. The lowest BCUT2D eigenvalue weighted by molar-refractivity contribution is 0.0881. The van der Waals surface area contributed by atoms with E-state index in [1.165, 1.54) is 25.7 Å². The molecule has 0 radical (unpaired) electrons. The Morgan fingerprint density at radius 1 is 1.50 bits per heavy atom. The Balaban J connectivity index is 2.09. The molecule has 1 saturated carbocycles. The van der Waals surface area contributed by atoms with Gasteiger partial charge in [-0.15, -0.1) is 0 Å². The number of hydrogen-bond donors (Lipinski definition) is 2. The average Bonchev–Trinajstić information content (AvgIpc) is 2.37. The number of hydrogen-bond acceptors (Lipinski definition) is 4. The zero-order valence-corrected chi connectivity index (χ0v) is 13.2. The van der Waals surface area contributed by atoms with E-state index in [1.807, 2.05) is 6.07 Å². The summed E-state index contributed by atoms with van der Waals surface area (Å²) >= 11 is 0. The third-order valence-corrected chi connectivity index (χ3v) is 4.70. The molecule has 4 heteroatoms. The van der Waals surface area contributed by atoms with Gasteiger partial charge in [0.25, 0.3) is 0 Å². The fourth-order valence-electron chi connectivity index (χ4n) is 3.39. The molecule has 0 spiro atoms. The van der Waals surface area contributed by atoms with Crippen LogP contribution in [0.2, 0.25) is 0 Å². The smallest absolute Gasteiger partial charge is 0.129 e. The molecule has 2 unspecified atom stereocenters. The van der Waals surface area contributed by atoms with E-state index in [-0.39, 0.29) is 5.54 Å². The van der Waals surface area contributed by atoms with E-state index < -0.39 is 0 Å². The van der Waals surface area contributed by atoms with Crippen molar-refractivity contribution in [1.82, 2.24) is 9.88 Å². The van der Waals surface area contributed by atoms with Gasteiger partial charge >= 0.3 is 0 Å². The maximum atomic E-state index is 5.76. The van der Waals surface area contributed by atoms with Crippen LogP contribution in [0, 0.1) is 12.8 Å². The second kappa shape index (κ2) is 6.00. The topological polar surface area (TPSA) is 54.2 Å². The second-order valence-corrected chi connectivity index (χ2v) is 6.61. The van der Waals surface area contributed by atoms with Crippen molar-refractivity contribution in [1.29, 1.82) is 0 Å². The summed E-state index contributed by atoms with van der Waals surface area (Å²) < 4.78 is 0.